The SMILES string of the molecule is NC(=O)CC(CCC(F)(F)F)C(=O)N[C@@H]1C(=O)Nc2c(Cl)cccc2-c2ccccc21. The highest BCUT2D eigenvalue weighted by molar-refractivity contribution is 6.34. The zero-order chi connectivity index (χ0) is 22.8. The zero-order valence-electron chi connectivity index (χ0n) is 16.1. The topological polar surface area (TPSA) is 101 Å². The summed E-state index contributed by atoms with van der Waals surface area (Å²) >= 11 is 6.23. The van der Waals surface area contributed by atoms with E-state index in [0.717, 1.165) is 0 Å². The van der Waals surface area contributed by atoms with Gasteiger partial charge in [0.25, 0.3) is 5.91 Å². The standard InChI is InChI=1S/C21H19ClF3N3O3/c22-15-7-3-6-13-12-4-1-2-5-14(12)18(20(31)27-17(13)15)28-19(30)11(10-16(26)29)8-9-21(23,24)25/h1-7,11,18H,8-10H2,(H2,26,29)(H,27,31)(H,28,30)/t11?,18-/m0/s1. The highest BCUT2D eigenvalue weighted by Crippen LogP contribution is 2.40. The van der Waals surface area contributed by atoms with Gasteiger partial charge in [-0.1, -0.05) is 48.0 Å². The minimum absolute atomic E-state index is 0.296. The van der Waals surface area contributed by atoms with E-state index in [1.807, 2.05) is 0 Å². The van der Waals surface area contributed by atoms with E-state index in [1.165, 1.54) is 0 Å². The molecule has 1 aliphatic rings. The van der Waals surface area contributed by atoms with Gasteiger partial charge in [0.1, 0.15) is 6.04 Å². The average Bonchev–Trinajstić information content (AvgIpc) is 2.80. The summed E-state index contributed by atoms with van der Waals surface area (Å²) in [5.74, 6) is -3.71. The first-order chi connectivity index (χ1) is 14.6. The molecule has 0 spiro atoms. The number of primary amides is 1. The normalized spacial score (nSPS) is 16.4. The van der Waals surface area contributed by atoms with Gasteiger partial charge in [-0.15, -0.1) is 0 Å². The van der Waals surface area contributed by atoms with Crippen molar-refractivity contribution in [3.8, 4) is 11.1 Å². The fourth-order valence-corrected chi connectivity index (χ4v) is 3.74. The Labute approximate surface area is 180 Å². The lowest BCUT2D eigenvalue weighted by molar-refractivity contribution is -0.143. The van der Waals surface area contributed by atoms with Crippen LogP contribution < -0.4 is 16.4 Å². The Kier molecular flexibility index (Phi) is 6.54. The van der Waals surface area contributed by atoms with Gasteiger partial charge in [0.15, 0.2) is 0 Å². The van der Waals surface area contributed by atoms with Gasteiger partial charge in [0.2, 0.25) is 11.8 Å². The molecule has 0 fully saturated rings. The first-order valence-corrected chi connectivity index (χ1v) is 9.78. The molecule has 164 valence electrons. The van der Waals surface area contributed by atoms with Crippen LogP contribution in [0.2, 0.25) is 5.02 Å². The lowest BCUT2D eigenvalue weighted by Gasteiger charge is -2.22. The van der Waals surface area contributed by atoms with Crippen molar-refractivity contribution in [1.29, 1.82) is 0 Å². The third kappa shape index (κ3) is 5.35. The van der Waals surface area contributed by atoms with Gasteiger partial charge in [-0.05, 0) is 23.6 Å². The number of amides is 3. The molecule has 0 aromatic heterocycles. The zero-order valence-corrected chi connectivity index (χ0v) is 16.9. The number of nitrogens with one attached hydrogen (secondary N) is 2. The van der Waals surface area contributed by atoms with Crippen LogP contribution in [0, 0.1) is 5.92 Å². The van der Waals surface area contributed by atoms with Crippen LogP contribution in [-0.4, -0.2) is 23.9 Å². The van der Waals surface area contributed by atoms with E-state index in [-0.39, 0.29) is 0 Å². The number of fused-ring (bicyclic) bond motifs is 3. The largest absolute Gasteiger partial charge is 0.389 e. The van der Waals surface area contributed by atoms with Gasteiger partial charge in [0, 0.05) is 24.3 Å². The number of para-hydroxylation sites is 1. The van der Waals surface area contributed by atoms with Gasteiger partial charge in [-0.25, -0.2) is 0 Å². The van der Waals surface area contributed by atoms with E-state index >= 15 is 0 Å². The Morgan fingerprint density at radius 1 is 1.13 bits per heavy atom. The molecule has 4 N–H and O–H groups in total. The Morgan fingerprint density at radius 3 is 2.48 bits per heavy atom. The molecule has 3 amide bonds. The average molecular weight is 454 g/mol. The molecule has 2 aromatic carbocycles. The summed E-state index contributed by atoms with van der Waals surface area (Å²) in [6.07, 6.45) is -6.95. The van der Waals surface area contributed by atoms with Gasteiger partial charge in [0.05, 0.1) is 10.7 Å². The highest BCUT2D eigenvalue weighted by atomic mass is 35.5. The van der Waals surface area contributed by atoms with Crippen LogP contribution in [0.1, 0.15) is 30.9 Å². The van der Waals surface area contributed by atoms with Crippen molar-refractivity contribution >= 4 is 35.0 Å². The molecule has 6 nitrogen and oxygen atoms in total. The van der Waals surface area contributed by atoms with Crippen LogP contribution in [-0.2, 0) is 14.4 Å². The minimum atomic E-state index is -4.50. The Bertz CT molecular complexity index is 1030. The third-order valence-corrected chi connectivity index (χ3v) is 5.28. The van der Waals surface area contributed by atoms with E-state index in [4.69, 9.17) is 17.3 Å². The quantitative estimate of drug-likeness (QED) is 0.617. The van der Waals surface area contributed by atoms with Crippen molar-refractivity contribution in [3.63, 3.8) is 0 Å². The number of hydrogen-bond donors (Lipinski definition) is 3. The second-order valence-electron chi connectivity index (χ2n) is 7.20. The molecule has 3 rings (SSSR count). The summed E-state index contributed by atoms with van der Waals surface area (Å²) in [5.41, 5.74) is 7.19. The van der Waals surface area contributed by atoms with Crippen molar-refractivity contribution in [2.75, 3.05) is 5.32 Å². The fraction of sp³-hybridized carbons (Fsp3) is 0.286. The number of benzene rings is 2. The van der Waals surface area contributed by atoms with E-state index < -0.39 is 55.1 Å². The first kappa shape index (κ1) is 22.6. The van der Waals surface area contributed by atoms with Crippen LogP contribution in [0.4, 0.5) is 18.9 Å². The van der Waals surface area contributed by atoms with Gasteiger partial charge in [-0.3, -0.25) is 14.4 Å². The van der Waals surface area contributed by atoms with Crippen LogP contribution in [0.3, 0.4) is 0 Å². The molecule has 2 atom stereocenters. The molecule has 0 aliphatic carbocycles. The van der Waals surface area contributed by atoms with Crippen LogP contribution in [0.5, 0.6) is 0 Å². The summed E-state index contributed by atoms with van der Waals surface area (Å²) in [4.78, 5) is 37.0. The monoisotopic (exact) mass is 453 g/mol. The van der Waals surface area contributed by atoms with Gasteiger partial charge < -0.3 is 16.4 Å². The molecular formula is C21H19ClF3N3O3. The Hall–Kier alpha value is -3.07. The molecule has 0 saturated carbocycles. The summed E-state index contributed by atoms with van der Waals surface area (Å²) in [6, 6.07) is 10.7. The number of nitrogens with two attached hydrogens (primary N) is 1. The van der Waals surface area contributed by atoms with Crippen LogP contribution in [0.15, 0.2) is 42.5 Å². The smallest absolute Gasteiger partial charge is 0.370 e. The third-order valence-electron chi connectivity index (χ3n) is 4.97. The number of carbonyl (C=O) groups excluding carboxylic acids is 3. The second-order valence-corrected chi connectivity index (χ2v) is 7.61. The second kappa shape index (κ2) is 8.97. The fourth-order valence-electron chi connectivity index (χ4n) is 3.52. The molecule has 2 aromatic rings. The maximum Gasteiger partial charge on any atom is 0.389 e. The lowest BCUT2D eigenvalue weighted by Crippen LogP contribution is -2.41. The van der Waals surface area contributed by atoms with Crippen molar-refractivity contribution in [2.24, 2.45) is 11.7 Å². The molecule has 0 bridgehead atoms. The van der Waals surface area contributed by atoms with Gasteiger partial charge >= 0.3 is 6.18 Å². The Morgan fingerprint density at radius 2 is 1.81 bits per heavy atom. The van der Waals surface area contributed by atoms with Crippen molar-refractivity contribution in [3.05, 3.63) is 53.1 Å². The highest BCUT2D eigenvalue weighted by Gasteiger charge is 2.35. The van der Waals surface area contributed by atoms with Crippen LogP contribution >= 0.6 is 11.6 Å². The molecule has 1 heterocycles. The summed E-state index contributed by atoms with van der Waals surface area (Å²) in [6.45, 7) is 0. The number of rotatable bonds is 6. The molecule has 0 saturated heterocycles. The maximum absolute atomic E-state index is 12.9. The lowest BCUT2D eigenvalue weighted by atomic mass is 9.93. The number of anilines is 1. The van der Waals surface area contributed by atoms with Gasteiger partial charge in [-0.2, -0.15) is 13.2 Å². The Balaban J connectivity index is 1.93. The van der Waals surface area contributed by atoms with Crippen molar-refractivity contribution in [2.45, 2.75) is 31.5 Å². The predicted molar refractivity (Wildman–Crippen MR) is 109 cm³/mol. The van der Waals surface area contributed by atoms with E-state index in [1.54, 1.807) is 42.5 Å². The number of alkyl halides is 3. The van der Waals surface area contributed by atoms with Crippen molar-refractivity contribution in [1.82, 2.24) is 5.32 Å². The molecular weight excluding hydrogens is 435 g/mol. The molecule has 10 heteroatoms. The van der Waals surface area contributed by atoms with Crippen LogP contribution in [0.25, 0.3) is 11.1 Å². The summed E-state index contributed by atoms with van der Waals surface area (Å²) < 4.78 is 38.0. The number of hydrogen-bond acceptors (Lipinski definition) is 3. The minimum Gasteiger partial charge on any atom is -0.370 e. The molecule has 0 radical (unpaired) electrons. The number of halogens is 4. The van der Waals surface area contributed by atoms with E-state index in [2.05, 4.69) is 10.6 Å². The number of carbonyl (C=O) groups is 3. The van der Waals surface area contributed by atoms with E-state index in [0.29, 0.717) is 27.4 Å². The summed E-state index contributed by atoms with van der Waals surface area (Å²) in [5, 5.41) is 5.46. The van der Waals surface area contributed by atoms with Crippen molar-refractivity contribution < 1.29 is 27.6 Å². The maximum atomic E-state index is 12.9. The molecule has 31 heavy (non-hydrogen) atoms. The predicted octanol–water partition coefficient (Wildman–Crippen LogP) is 3.95. The first-order valence-electron chi connectivity index (χ1n) is 9.41. The van der Waals surface area contributed by atoms with E-state index in [9.17, 15) is 27.6 Å². The molecule has 1 aliphatic heterocycles. The summed E-state index contributed by atoms with van der Waals surface area (Å²) in [7, 11) is 0. The molecule has 1 unspecified atom stereocenters.